The van der Waals surface area contributed by atoms with Crippen molar-refractivity contribution < 1.29 is 0 Å². The highest BCUT2D eigenvalue weighted by Crippen LogP contribution is 2.54. The molecule has 0 atom stereocenters. The minimum absolute atomic E-state index is 1.06. The number of nitrogens with zero attached hydrogens (tertiary/aromatic N) is 2. The summed E-state index contributed by atoms with van der Waals surface area (Å²) in [5.41, 5.74) is 10.6. The third-order valence-corrected chi connectivity index (χ3v) is 12.5. The SMILES string of the molecule is c1ccc(-c2ccc(N(c3cc4c5c(cccc5c3)-c3nc(-c5cccc6ccccc56)sc3-4)c3ccc4sc5ccccc5c4c3)cc2)cc1. The van der Waals surface area contributed by atoms with Crippen LogP contribution in [0.5, 0.6) is 0 Å². The van der Waals surface area contributed by atoms with Gasteiger partial charge in [0.15, 0.2) is 0 Å². The average molecular weight is 685 g/mol. The minimum atomic E-state index is 1.06. The van der Waals surface area contributed by atoms with Crippen molar-refractivity contribution in [1.29, 1.82) is 0 Å². The molecule has 10 aromatic rings. The van der Waals surface area contributed by atoms with E-state index in [-0.39, 0.29) is 0 Å². The Morgan fingerprint density at radius 2 is 1.10 bits per heavy atom. The molecule has 0 aliphatic heterocycles. The number of rotatable bonds is 5. The average Bonchev–Trinajstić information content (AvgIpc) is 3.88. The Balaban J connectivity index is 1.11. The van der Waals surface area contributed by atoms with Gasteiger partial charge in [-0.3, -0.25) is 0 Å². The van der Waals surface area contributed by atoms with Gasteiger partial charge in [0.25, 0.3) is 0 Å². The molecule has 2 heterocycles. The van der Waals surface area contributed by atoms with Crippen LogP contribution in [0.3, 0.4) is 0 Å². The first-order valence-corrected chi connectivity index (χ1v) is 18.8. The molecule has 4 heteroatoms. The zero-order chi connectivity index (χ0) is 33.5. The Hall–Kier alpha value is -6.07. The molecule has 2 nitrogen and oxygen atoms in total. The van der Waals surface area contributed by atoms with Crippen LogP contribution in [0.15, 0.2) is 170 Å². The number of aromatic nitrogens is 1. The zero-order valence-corrected chi connectivity index (χ0v) is 29.0. The van der Waals surface area contributed by atoms with Gasteiger partial charge in [0.05, 0.1) is 10.6 Å². The lowest BCUT2D eigenvalue weighted by Gasteiger charge is -2.27. The topological polar surface area (TPSA) is 16.1 Å². The summed E-state index contributed by atoms with van der Waals surface area (Å²) in [6, 6.07) is 61.8. The lowest BCUT2D eigenvalue weighted by molar-refractivity contribution is 1.30. The van der Waals surface area contributed by atoms with Crippen LogP contribution in [0.4, 0.5) is 17.1 Å². The molecule has 0 radical (unpaired) electrons. The molecule has 0 amide bonds. The second-order valence-corrected chi connectivity index (χ2v) is 15.2. The molecule has 8 aromatic carbocycles. The van der Waals surface area contributed by atoms with Crippen molar-refractivity contribution in [2.75, 3.05) is 4.90 Å². The molecule has 0 N–H and O–H groups in total. The van der Waals surface area contributed by atoms with Gasteiger partial charge in [-0.1, -0.05) is 121 Å². The number of anilines is 3. The molecule has 0 spiro atoms. The van der Waals surface area contributed by atoms with E-state index in [0.717, 1.165) is 27.8 Å². The van der Waals surface area contributed by atoms with Crippen LogP contribution in [-0.2, 0) is 0 Å². The Morgan fingerprint density at radius 1 is 0.412 bits per heavy atom. The maximum Gasteiger partial charge on any atom is 0.125 e. The van der Waals surface area contributed by atoms with E-state index in [4.69, 9.17) is 4.98 Å². The molecular weight excluding hydrogens is 657 g/mol. The van der Waals surface area contributed by atoms with Crippen LogP contribution in [0.2, 0.25) is 0 Å². The van der Waals surface area contributed by atoms with E-state index in [1.165, 1.54) is 74.4 Å². The van der Waals surface area contributed by atoms with Crippen molar-refractivity contribution >= 4 is 81.5 Å². The zero-order valence-electron chi connectivity index (χ0n) is 27.4. The number of hydrogen-bond acceptors (Lipinski definition) is 4. The van der Waals surface area contributed by atoms with Gasteiger partial charge in [-0.05, 0) is 81.2 Å². The molecule has 2 aromatic heterocycles. The van der Waals surface area contributed by atoms with Crippen LogP contribution >= 0.6 is 22.7 Å². The normalized spacial score (nSPS) is 11.9. The summed E-state index contributed by atoms with van der Waals surface area (Å²) in [4.78, 5) is 9.01. The molecule has 0 fully saturated rings. The Bertz CT molecular complexity index is 2970. The summed E-state index contributed by atoms with van der Waals surface area (Å²) in [7, 11) is 0. The summed E-state index contributed by atoms with van der Waals surface area (Å²) >= 11 is 3.66. The van der Waals surface area contributed by atoms with E-state index in [1.807, 2.05) is 22.7 Å². The molecule has 1 aliphatic carbocycles. The smallest absolute Gasteiger partial charge is 0.125 e. The van der Waals surface area contributed by atoms with Crippen molar-refractivity contribution in [1.82, 2.24) is 4.98 Å². The second-order valence-electron chi connectivity index (χ2n) is 13.1. The third kappa shape index (κ3) is 4.51. The summed E-state index contributed by atoms with van der Waals surface area (Å²) in [6.45, 7) is 0. The van der Waals surface area contributed by atoms with Crippen molar-refractivity contribution in [2.24, 2.45) is 0 Å². The summed E-state index contributed by atoms with van der Waals surface area (Å²) in [6.07, 6.45) is 0. The molecule has 0 saturated heterocycles. The van der Waals surface area contributed by atoms with Gasteiger partial charge < -0.3 is 4.90 Å². The van der Waals surface area contributed by atoms with E-state index in [1.54, 1.807) is 0 Å². The first-order chi connectivity index (χ1) is 25.3. The number of fused-ring (bicyclic) bond motifs is 7. The number of thiophene rings is 1. The van der Waals surface area contributed by atoms with E-state index < -0.39 is 0 Å². The number of benzene rings is 8. The van der Waals surface area contributed by atoms with Crippen LogP contribution in [0.1, 0.15) is 0 Å². The van der Waals surface area contributed by atoms with Gasteiger partial charge >= 0.3 is 0 Å². The fourth-order valence-electron chi connectivity index (χ4n) is 7.86. The van der Waals surface area contributed by atoms with Gasteiger partial charge in [0, 0.05) is 53.9 Å². The van der Waals surface area contributed by atoms with Gasteiger partial charge in [0.1, 0.15) is 5.01 Å². The Kier molecular flexibility index (Phi) is 6.32. The van der Waals surface area contributed by atoms with Gasteiger partial charge in [0.2, 0.25) is 0 Å². The largest absolute Gasteiger partial charge is 0.310 e. The van der Waals surface area contributed by atoms with Crippen molar-refractivity contribution in [3.8, 4) is 43.4 Å². The predicted octanol–water partition coefficient (Wildman–Crippen LogP) is 14.3. The molecule has 0 unspecified atom stereocenters. The first kappa shape index (κ1) is 28.7. The van der Waals surface area contributed by atoms with E-state index in [9.17, 15) is 0 Å². The second kappa shape index (κ2) is 11.2. The maximum atomic E-state index is 5.34. The fourth-order valence-corrected chi connectivity index (χ4v) is 10.1. The lowest BCUT2D eigenvalue weighted by Crippen LogP contribution is -2.10. The molecular formula is C47H28N2S2. The standard InChI is InChI=1S/C47H28N2S2/c1-2-10-29(11-3-1)30-20-22-33(23-21-30)49(34-24-25-43-40(27-34)37-16-6-7-19-42(37)50-43)35-26-32-14-9-18-39-44(32)41(28-35)46-45(39)48-47(51-46)38-17-8-13-31-12-4-5-15-36(31)38/h1-28H. The number of thiazole rings is 1. The first-order valence-electron chi connectivity index (χ1n) is 17.2. The van der Waals surface area contributed by atoms with Crippen LogP contribution < -0.4 is 4.90 Å². The van der Waals surface area contributed by atoms with Gasteiger partial charge in [-0.25, -0.2) is 4.98 Å². The highest BCUT2D eigenvalue weighted by molar-refractivity contribution is 7.25. The van der Waals surface area contributed by atoms with Crippen molar-refractivity contribution in [2.45, 2.75) is 0 Å². The van der Waals surface area contributed by atoms with Crippen LogP contribution in [0.25, 0.3) is 85.1 Å². The number of hydrogen-bond donors (Lipinski definition) is 0. The predicted molar refractivity (Wildman–Crippen MR) is 220 cm³/mol. The Labute approximate surface area is 303 Å². The highest BCUT2D eigenvalue weighted by Gasteiger charge is 2.28. The molecule has 0 saturated carbocycles. The third-order valence-electron chi connectivity index (χ3n) is 10.2. The lowest BCUT2D eigenvalue weighted by atomic mass is 10.0. The minimum Gasteiger partial charge on any atom is -0.310 e. The molecule has 0 bridgehead atoms. The quantitative estimate of drug-likeness (QED) is 0.179. The van der Waals surface area contributed by atoms with E-state index >= 15 is 0 Å². The molecule has 1 aliphatic rings. The van der Waals surface area contributed by atoms with Gasteiger partial charge in [-0.15, -0.1) is 22.7 Å². The monoisotopic (exact) mass is 684 g/mol. The van der Waals surface area contributed by atoms with Crippen LogP contribution in [-0.4, -0.2) is 4.98 Å². The van der Waals surface area contributed by atoms with E-state index in [0.29, 0.717) is 0 Å². The maximum absolute atomic E-state index is 5.34. The molecule has 51 heavy (non-hydrogen) atoms. The fraction of sp³-hybridized carbons (Fsp3) is 0. The molecule has 238 valence electrons. The van der Waals surface area contributed by atoms with Gasteiger partial charge in [-0.2, -0.15) is 0 Å². The van der Waals surface area contributed by atoms with Crippen molar-refractivity contribution in [3.63, 3.8) is 0 Å². The molecule has 11 rings (SSSR count). The summed E-state index contributed by atoms with van der Waals surface area (Å²) < 4.78 is 2.62. The Morgan fingerprint density at radius 3 is 1.98 bits per heavy atom. The van der Waals surface area contributed by atoms with Crippen LogP contribution in [0, 0.1) is 0 Å². The van der Waals surface area contributed by atoms with Crippen molar-refractivity contribution in [3.05, 3.63) is 170 Å². The summed E-state index contributed by atoms with van der Waals surface area (Å²) in [5.74, 6) is 0. The van der Waals surface area contributed by atoms with E-state index in [2.05, 4.69) is 175 Å². The highest BCUT2D eigenvalue weighted by atomic mass is 32.1. The summed E-state index contributed by atoms with van der Waals surface area (Å²) in [5, 5.41) is 8.64.